The molecule has 0 bridgehead atoms. The fourth-order valence-corrected chi connectivity index (χ4v) is 4.40. The summed E-state index contributed by atoms with van der Waals surface area (Å²) in [6, 6.07) is 11.4. The first kappa shape index (κ1) is 23.7. The van der Waals surface area contributed by atoms with Gasteiger partial charge in [-0.1, -0.05) is 42.0 Å². The number of rotatable bonds is 5. The van der Waals surface area contributed by atoms with Gasteiger partial charge in [0.1, 0.15) is 6.54 Å². The van der Waals surface area contributed by atoms with E-state index in [2.05, 4.69) is 10.6 Å². The molecular weight excluding hydrogens is 449 g/mol. The number of para-hydroxylation sites is 1. The molecule has 0 spiro atoms. The summed E-state index contributed by atoms with van der Waals surface area (Å²) in [6.45, 7) is 2.05. The zero-order chi connectivity index (χ0) is 24.5. The first-order valence-corrected chi connectivity index (χ1v) is 11.0. The van der Waals surface area contributed by atoms with Crippen molar-refractivity contribution < 1.29 is 27.6 Å². The van der Waals surface area contributed by atoms with Gasteiger partial charge in [-0.3, -0.25) is 24.7 Å². The smallest absolute Gasteiger partial charge is 0.324 e. The van der Waals surface area contributed by atoms with E-state index in [1.807, 2.05) is 31.2 Å². The van der Waals surface area contributed by atoms with Crippen molar-refractivity contribution in [2.45, 2.75) is 38.7 Å². The summed E-state index contributed by atoms with van der Waals surface area (Å²) in [5, 5.41) is 5.40. The van der Waals surface area contributed by atoms with Gasteiger partial charge in [0.15, 0.2) is 0 Å². The van der Waals surface area contributed by atoms with E-state index in [0.717, 1.165) is 34.6 Å². The molecule has 2 saturated heterocycles. The fourth-order valence-electron chi connectivity index (χ4n) is 4.40. The van der Waals surface area contributed by atoms with Crippen molar-refractivity contribution in [3.8, 4) is 0 Å². The van der Waals surface area contributed by atoms with Crippen LogP contribution in [0.15, 0.2) is 48.5 Å². The number of alkyl halides is 3. The zero-order valence-corrected chi connectivity index (χ0v) is 18.6. The summed E-state index contributed by atoms with van der Waals surface area (Å²) in [5.74, 6) is -1.63. The quantitative estimate of drug-likeness (QED) is 0.692. The second-order valence-electron chi connectivity index (χ2n) is 8.56. The van der Waals surface area contributed by atoms with E-state index in [4.69, 9.17) is 0 Å². The second kappa shape index (κ2) is 9.46. The lowest BCUT2D eigenvalue weighted by molar-refractivity contribution is -0.143. The topological polar surface area (TPSA) is 81.8 Å². The van der Waals surface area contributed by atoms with Gasteiger partial charge < -0.3 is 5.32 Å². The molecule has 2 atom stereocenters. The van der Waals surface area contributed by atoms with Gasteiger partial charge in [-0.15, -0.1) is 0 Å². The SMILES string of the molecule is Cc1ccc(CN2C(=O)C3CCCNC3N(CC(=O)Nc3ccccc3C(F)(F)F)C2=O)cc1. The zero-order valence-electron chi connectivity index (χ0n) is 18.6. The number of aryl methyl sites for hydroxylation is 1. The molecule has 2 aliphatic rings. The maximum atomic E-state index is 13.3. The highest BCUT2D eigenvalue weighted by Crippen LogP contribution is 2.35. The van der Waals surface area contributed by atoms with E-state index in [-0.39, 0.29) is 18.1 Å². The standard InChI is InChI=1S/C24H25F3N4O3/c1-15-8-10-16(11-9-15)13-31-22(33)17-5-4-12-28-21(17)30(23(31)34)14-20(32)29-19-7-3-2-6-18(19)24(25,26)27/h2-3,6-11,17,21,28H,4-5,12-14H2,1H3,(H,29,32). The van der Waals surface area contributed by atoms with E-state index in [9.17, 15) is 27.6 Å². The monoisotopic (exact) mass is 474 g/mol. The Kier molecular flexibility index (Phi) is 6.60. The van der Waals surface area contributed by atoms with Crippen LogP contribution in [0.5, 0.6) is 0 Å². The van der Waals surface area contributed by atoms with Gasteiger partial charge in [0, 0.05) is 0 Å². The first-order chi connectivity index (χ1) is 16.1. The molecule has 0 radical (unpaired) electrons. The molecule has 2 aromatic rings. The largest absolute Gasteiger partial charge is 0.418 e. The number of anilines is 1. The average Bonchev–Trinajstić information content (AvgIpc) is 2.80. The van der Waals surface area contributed by atoms with Crippen LogP contribution in [0, 0.1) is 12.8 Å². The van der Waals surface area contributed by atoms with Gasteiger partial charge >= 0.3 is 12.2 Å². The third kappa shape index (κ3) is 4.91. The number of carbonyl (C=O) groups excluding carboxylic acids is 3. The molecular formula is C24H25F3N4O3. The Bertz CT molecular complexity index is 1090. The Morgan fingerprint density at radius 3 is 2.53 bits per heavy atom. The van der Waals surface area contributed by atoms with Crippen LogP contribution in [0.1, 0.15) is 29.5 Å². The van der Waals surface area contributed by atoms with Crippen LogP contribution in [0.3, 0.4) is 0 Å². The highest BCUT2D eigenvalue weighted by atomic mass is 19.4. The molecule has 34 heavy (non-hydrogen) atoms. The van der Waals surface area contributed by atoms with Gasteiger partial charge in [0.05, 0.1) is 29.9 Å². The van der Waals surface area contributed by atoms with Crippen molar-refractivity contribution in [1.29, 1.82) is 0 Å². The molecule has 2 N–H and O–H groups in total. The molecule has 2 aromatic carbocycles. The van der Waals surface area contributed by atoms with E-state index in [0.29, 0.717) is 13.0 Å². The molecule has 0 aliphatic carbocycles. The van der Waals surface area contributed by atoms with Gasteiger partial charge in [-0.2, -0.15) is 13.2 Å². The van der Waals surface area contributed by atoms with Gasteiger partial charge in [0.25, 0.3) is 0 Å². The van der Waals surface area contributed by atoms with Crippen molar-refractivity contribution in [1.82, 2.24) is 15.1 Å². The Balaban J connectivity index is 1.55. The highest BCUT2D eigenvalue weighted by molar-refractivity contribution is 6.01. The van der Waals surface area contributed by atoms with Crippen molar-refractivity contribution in [3.05, 3.63) is 65.2 Å². The number of nitrogens with zero attached hydrogens (tertiary/aromatic N) is 2. The third-order valence-corrected chi connectivity index (χ3v) is 6.10. The summed E-state index contributed by atoms with van der Waals surface area (Å²) < 4.78 is 39.9. The Morgan fingerprint density at radius 2 is 1.82 bits per heavy atom. The fraction of sp³-hybridized carbons (Fsp3) is 0.375. The van der Waals surface area contributed by atoms with E-state index in [1.165, 1.54) is 17.0 Å². The average molecular weight is 474 g/mol. The number of benzene rings is 2. The lowest BCUT2D eigenvalue weighted by Gasteiger charge is -2.46. The third-order valence-electron chi connectivity index (χ3n) is 6.10. The molecule has 0 saturated carbocycles. The highest BCUT2D eigenvalue weighted by Gasteiger charge is 2.47. The number of hydrogen-bond donors (Lipinski definition) is 2. The Hall–Kier alpha value is -3.40. The molecule has 2 aliphatic heterocycles. The summed E-state index contributed by atoms with van der Waals surface area (Å²) in [7, 11) is 0. The molecule has 0 aromatic heterocycles. The predicted octanol–water partition coefficient (Wildman–Crippen LogP) is 3.74. The lowest BCUT2D eigenvalue weighted by atomic mass is 9.91. The lowest BCUT2D eigenvalue weighted by Crippen LogP contribution is -2.68. The van der Waals surface area contributed by atoms with E-state index < -0.39 is 42.3 Å². The number of hydrogen-bond acceptors (Lipinski definition) is 4. The number of imide groups is 1. The van der Waals surface area contributed by atoms with E-state index >= 15 is 0 Å². The van der Waals surface area contributed by atoms with Crippen LogP contribution in [0.25, 0.3) is 0 Å². The van der Waals surface area contributed by atoms with Gasteiger partial charge in [-0.25, -0.2) is 4.79 Å². The summed E-state index contributed by atoms with van der Waals surface area (Å²) in [5.41, 5.74) is 0.440. The minimum absolute atomic E-state index is 0.0518. The molecule has 10 heteroatoms. The van der Waals surface area contributed by atoms with Crippen LogP contribution in [0.4, 0.5) is 23.7 Å². The van der Waals surface area contributed by atoms with Crippen LogP contribution in [0.2, 0.25) is 0 Å². The van der Waals surface area contributed by atoms with Crippen molar-refractivity contribution >= 4 is 23.5 Å². The summed E-state index contributed by atoms with van der Waals surface area (Å²) in [4.78, 5) is 41.6. The Morgan fingerprint density at radius 1 is 1.12 bits per heavy atom. The number of halogens is 3. The number of piperidine rings is 1. The molecule has 4 amide bonds. The van der Waals surface area contributed by atoms with Crippen LogP contribution in [-0.2, 0) is 22.3 Å². The predicted molar refractivity (Wildman–Crippen MR) is 118 cm³/mol. The minimum atomic E-state index is -4.64. The molecule has 4 rings (SSSR count). The van der Waals surface area contributed by atoms with Gasteiger partial charge in [-0.05, 0) is 44.0 Å². The van der Waals surface area contributed by atoms with Gasteiger partial charge in [0.2, 0.25) is 11.8 Å². The number of carbonyl (C=O) groups is 3. The molecule has 2 unspecified atom stereocenters. The van der Waals surface area contributed by atoms with Crippen molar-refractivity contribution in [2.75, 3.05) is 18.4 Å². The number of fused-ring (bicyclic) bond motifs is 1. The number of amides is 4. The first-order valence-electron chi connectivity index (χ1n) is 11.0. The minimum Gasteiger partial charge on any atom is -0.324 e. The second-order valence-corrected chi connectivity index (χ2v) is 8.56. The van der Waals surface area contributed by atoms with E-state index in [1.54, 1.807) is 0 Å². The van der Waals surface area contributed by atoms with Crippen LogP contribution < -0.4 is 10.6 Å². The number of nitrogens with one attached hydrogen (secondary N) is 2. The number of urea groups is 1. The maximum absolute atomic E-state index is 13.3. The van der Waals surface area contributed by atoms with Crippen molar-refractivity contribution in [3.63, 3.8) is 0 Å². The Labute approximate surface area is 194 Å². The normalized spacial score (nSPS) is 20.8. The van der Waals surface area contributed by atoms with Crippen molar-refractivity contribution in [2.24, 2.45) is 5.92 Å². The van der Waals surface area contributed by atoms with Crippen LogP contribution in [-0.4, -0.2) is 46.9 Å². The molecule has 7 nitrogen and oxygen atoms in total. The summed E-state index contributed by atoms with van der Waals surface area (Å²) in [6.07, 6.45) is -4.05. The molecule has 2 fully saturated rings. The van der Waals surface area contributed by atoms with Crippen LogP contribution >= 0.6 is 0 Å². The maximum Gasteiger partial charge on any atom is 0.418 e. The molecule has 180 valence electrons. The molecule has 2 heterocycles. The summed E-state index contributed by atoms with van der Waals surface area (Å²) >= 11 is 0.